The van der Waals surface area contributed by atoms with Gasteiger partial charge in [-0.05, 0) is 38.0 Å². The Balaban J connectivity index is 2.08. The van der Waals surface area contributed by atoms with Gasteiger partial charge in [-0.2, -0.15) is 0 Å². The number of halogens is 1. The van der Waals surface area contributed by atoms with Crippen LogP contribution in [-0.2, 0) is 4.74 Å². The lowest BCUT2D eigenvalue weighted by Gasteiger charge is -2.24. The van der Waals surface area contributed by atoms with E-state index in [4.69, 9.17) is 4.74 Å². The maximum Gasteiger partial charge on any atom is 0.253 e. The van der Waals surface area contributed by atoms with Crippen molar-refractivity contribution < 1.29 is 13.9 Å². The number of amides is 1. The molecule has 0 N–H and O–H groups in total. The summed E-state index contributed by atoms with van der Waals surface area (Å²) in [6, 6.07) is 4.24. The topological polar surface area (TPSA) is 29.5 Å². The second-order valence-electron chi connectivity index (χ2n) is 4.65. The van der Waals surface area contributed by atoms with Crippen molar-refractivity contribution in [2.45, 2.75) is 30.8 Å². The Kier molecular flexibility index (Phi) is 4.82. The molecule has 1 fully saturated rings. The van der Waals surface area contributed by atoms with Crippen LogP contribution >= 0.6 is 12.6 Å². The Bertz CT molecular complexity index is 461. The average Bonchev–Trinajstić information content (AvgIpc) is 2.91. The van der Waals surface area contributed by atoms with Gasteiger partial charge in [0.05, 0.1) is 6.10 Å². The Hall–Kier alpha value is -1.07. The Labute approximate surface area is 118 Å². The first-order chi connectivity index (χ1) is 9.11. The minimum Gasteiger partial charge on any atom is -0.376 e. The predicted molar refractivity (Wildman–Crippen MR) is 74.2 cm³/mol. The first-order valence-corrected chi connectivity index (χ1v) is 6.96. The average molecular weight is 283 g/mol. The largest absolute Gasteiger partial charge is 0.376 e. The van der Waals surface area contributed by atoms with E-state index in [0.717, 1.165) is 19.4 Å². The van der Waals surface area contributed by atoms with Crippen LogP contribution in [0.2, 0.25) is 0 Å². The van der Waals surface area contributed by atoms with Gasteiger partial charge in [0.15, 0.2) is 0 Å². The molecule has 104 valence electrons. The van der Waals surface area contributed by atoms with Gasteiger partial charge in [0, 0.05) is 30.2 Å². The molecule has 1 amide bonds. The molecule has 1 unspecified atom stereocenters. The molecule has 1 aromatic rings. The smallest absolute Gasteiger partial charge is 0.253 e. The van der Waals surface area contributed by atoms with Gasteiger partial charge in [-0.25, -0.2) is 4.39 Å². The fourth-order valence-corrected chi connectivity index (χ4v) is 2.43. The van der Waals surface area contributed by atoms with Crippen molar-refractivity contribution in [2.75, 3.05) is 19.7 Å². The van der Waals surface area contributed by atoms with E-state index in [1.807, 2.05) is 6.92 Å². The molecule has 3 nitrogen and oxygen atoms in total. The molecule has 1 aliphatic rings. The molecule has 0 aromatic heterocycles. The van der Waals surface area contributed by atoms with Gasteiger partial charge in [0.2, 0.25) is 0 Å². The van der Waals surface area contributed by atoms with Crippen LogP contribution in [-0.4, -0.2) is 36.6 Å². The summed E-state index contributed by atoms with van der Waals surface area (Å²) in [5, 5.41) is 0. The molecule has 0 bridgehead atoms. The zero-order valence-corrected chi connectivity index (χ0v) is 11.8. The van der Waals surface area contributed by atoms with E-state index in [-0.39, 0.29) is 16.9 Å². The Morgan fingerprint density at radius 3 is 2.95 bits per heavy atom. The molecule has 0 radical (unpaired) electrons. The van der Waals surface area contributed by atoms with Gasteiger partial charge in [-0.1, -0.05) is 0 Å². The lowest BCUT2D eigenvalue weighted by molar-refractivity contribution is 0.0539. The summed E-state index contributed by atoms with van der Waals surface area (Å²) in [6.07, 6.45) is 2.17. The molecule has 1 heterocycles. The second-order valence-corrected chi connectivity index (χ2v) is 5.13. The zero-order valence-electron chi connectivity index (χ0n) is 10.9. The first kappa shape index (κ1) is 14.3. The van der Waals surface area contributed by atoms with E-state index in [1.165, 1.54) is 18.2 Å². The summed E-state index contributed by atoms with van der Waals surface area (Å²) in [6.45, 7) is 3.90. The SMILES string of the molecule is CCN(CC1CCCO1)C(=O)c1ccc(F)c(S)c1. The van der Waals surface area contributed by atoms with Crippen molar-refractivity contribution in [1.82, 2.24) is 4.90 Å². The molecular weight excluding hydrogens is 265 g/mol. The number of likely N-dealkylation sites (N-methyl/N-ethyl adjacent to an activating group) is 1. The summed E-state index contributed by atoms with van der Waals surface area (Å²) in [7, 11) is 0. The van der Waals surface area contributed by atoms with Gasteiger partial charge < -0.3 is 9.64 Å². The predicted octanol–water partition coefficient (Wildman–Crippen LogP) is 2.76. The fraction of sp³-hybridized carbons (Fsp3) is 0.500. The molecule has 1 aliphatic heterocycles. The van der Waals surface area contributed by atoms with E-state index in [0.29, 0.717) is 18.7 Å². The van der Waals surface area contributed by atoms with Crippen LogP contribution in [0.5, 0.6) is 0 Å². The van der Waals surface area contributed by atoms with Crippen molar-refractivity contribution >= 4 is 18.5 Å². The highest BCUT2D eigenvalue weighted by atomic mass is 32.1. The van der Waals surface area contributed by atoms with E-state index >= 15 is 0 Å². The third-order valence-corrected chi connectivity index (χ3v) is 3.65. The molecular formula is C14H18FNO2S. The van der Waals surface area contributed by atoms with Crippen LogP contribution in [0.1, 0.15) is 30.1 Å². The van der Waals surface area contributed by atoms with Gasteiger partial charge in [-0.3, -0.25) is 4.79 Å². The van der Waals surface area contributed by atoms with Crippen molar-refractivity contribution in [3.8, 4) is 0 Å². The fourth-order valence-electron chi connectivity index (χ4n) is 2.22. The minimum absolute atomic E-state index is 0.103. The van der Waals surface area contributed by atoms with Crippen molar-refractivity contribution in [2.24, 2.45) is 0 Å². The quantitative estimate of drug-likeness (QED) is 0.861. The number of thiol groups is 1. The summed E-state index contributed by atoms with van der Waals surface area (Å²) in [4.78, 5) is 14.3. The van der Waals surface area contributed by atoms with Crippen LogP contribution in [0.15, 0.2) is 23.1 Å². The third-order valence-electron chi connectivity index (χ3n) is 3.31. The highest BCUT2D eigenvalue weighted by Crippen LogP contribution is 2.18. The van der Waals surface area contributed by atoms with E-state index in [9.17, 15) is 9.18 Å². The lowest BCUT2D eigenvalue weighted by atomic mass is 10.1. The molecule has 1 saturated heterocycles. The van der Waals surface area contributed by atoms with Gasteiger partial charge in [0.25, 0.3) is 5.91 Å². The zero-order chi connectivity index (χ0) is 13.8. The molecule has 0 saturated carbocycles. The second kappa shape index (κ2) is 6.39. The van der Waals surface area contributed by atoms with Gasteiger partial charge in [-0.15, -0.1) is 12.6 Å². The molecule has 0 aliphatic carbocycles. The van der Waals surface area contributed by atoms with Crippen LogP contribution in [0, 0.1) is 5.82 Å². The molecule has 1 aromatic carbocycles. The van der Waals surface area contributed by atoms with E-state index < -0.39 is 5.82 Å². The molecule has 5 heteroatoms. The number of carbonyl (C=O) groups is 1. The molecule has 19 heavy (non-hydrogen) atoms. The number of hydrogen-bond acceptors (Lipinski definition) is 3. The number of nitrogens with zero attached hydrogens (tertiary/aromatic N) is 1. The lowest BCUT2D eigenvalue weighted by Crippen LogP contribution is -2.37. The summed E-state index contributed by atoms with van der Waals surface area (Å²) in [5.74, 6) is -0.518. The van der Waals surface area contributed by atoms with E-state index in [1.54, 1.807) is 4.90 Å². The number of rotatable bonds is 4. The molecule has 0 spiro atoms. The summed E-state index contributed by atoms with van der Waals surface area (Å²) >= 11 is 4.01. The first-order valence-electron chi connectivity index (χ1n) is 6.51. The van der Waals surface area contributed by atoms with Crippen molar-refractivity contribution in [3.05, 3.63) is 29.6 Å². The summed E-state index contributed by atoms with van der Waals surface area (Å²) in [5.41, 5.74) is 0.464. The van der Waals surface area contributed by atoms with Crippen LogP contribution in [0.3, 0.4) is 0 Å². The normalized spacial score (nSPS) is 18.6. The maximum atomic E-state index is 13.2. The standard InChI is InChI=1S/C14H18FNO2S/c1-2-16(9-11-4-3-7-18-11)14(17)10-5-6-12(15)13(19)8-10/h5-6,8,11,19H,2-4,7,9H2,1H3. The van der Waals surface area contributed by atoms with Gasteiger partial charge in [0.1, 0.15) is 5.82 Å². The summed E-state index contributed by atoms with van der Waals surface area (Å²) < 4.78 is 18.7. The van der Waals surface area contributed by atoms with Crippen molar-refractivity contribution in [1.29, 1.82) is 0 Å². The van der Waals surface area contributed by atoms with Crippen molar-refractivity contribution in [3.63, 3.8) is 0 Å². The third kappa shape index (κ3) is 3.48. The van der Waals surface area contributed by atoms with Gasteiger partial charge >= 0.3 is 0 Å². The number of benzene rings is 1. The Morgan fingerprint density at radius 2 is 2.37 bits per heavy atom. The number of hydrogen-bond donors (Lipinski definition) is 1. The van der Waals surface area contributed by atoms with E-state index in [2.05, 4.69) is 12.6 Å². The monoisotopic (exact) mass is 283 g/mol. The maximum absolute atomic E-state index is 13.2. The molecule has 2 rings (SSSR count). The van der Waals surface area contributed by atoms with Crippen LogP contribution in [0.25, 0.3) is 0 Å². The Morgan fingerprint density at radius 1 is 1.58 bits per heavy atom. The van der Waals surface area contributed by atoms with Crippen LogP contribution < -0.4 is 0 Å². The minimum atomic E-state index is -0.415. The molecule has 1 atom stereocenters. The number of ether oxygens (including phenoxy) is 1. The van der Waals surface area contributed by atoms with Crippen LogP contribution in [0.4, 0.5) is 4.39 Å². The number of carbonyl (C=O) groups excluding carboxylic acids is 1. The highest BCUT2D eigenvalue weighted by Gasteiger charge is 2.22. The highest BCUT2D eigenvalue weighted by molar-refractivity contribution is 7.80.